The molecular formula is C12H20N2S2. The highest BCUT2D eigenvalue weighted by Gasteiger charge is 2.20. The maximum atomic E-state index is 4.43. The average Bonchev–Trinajstić information content (AvgIpc) is 2.03. The Labute approximate surface area is 107 Å². The summed E-state index contributed by atoms with van der Waals surface area (Å²) in [5.41, 5.74) is 0. The third-order valence-electron chi connectivity index (χ3n) is 1.44. The summed E-state index contributed by atoms with van der Waals surface area (Å²) < 4.78 is 0.340. The summed E-state index contributed by atoms with van der Waals surface area (Å²) in [7, 11) is 0. The zero-order valence-corrected chi connectivity index (χ0v) is 12.5. The van der Waals surface area contributed by atoms with Crippen LogP contribution in [-0.4, -0.2) is 19.5 Å². The molecule has 0 bridgehead atoms. The molecule has 0 aliphatic heterocycles. The van der Waals surface area contributed by atoms with Gasteiger partial charge in [-0.15, -0.1) is 0 Å². The highest BCUT2D eigenvalue weighted by Crippen LogP contribution is 2.39. The molecule has 4 heteroatoms. The number of aromatic nitrogens is 2. The minimum absolute atomic E-state index is 0.170. The van der Waals surface area contributed by atoms with E-state index in [9.17, 15) is 0 Å². The van der Waals surface area contributed by atoms with E-state index in [0.29, 0.717) is 0 Å². The fraction of sp³-hybridized carbons (Fsp3) is 0.667. The molecular weight excluding hydrogens is 236 g/mol. The van der Waals surface area contributed by atoms with Gasteiger partial charge < -0.3 is 0 Å². The molecule has 0 saturated heterocycles. The molecule has 0 spiro atoms. The number of hydrogen-bond acceptors (Lipinski definition) is 4. The van der Waals surface area contributed by atoms with Gasteiger partial charge in [-0.3, -0.25) is 0 Å². The Kier molecular flexibility index (Phi) is 4.29. The molecule has 0 saturated carbocycles. The molecule has 1 aromatic heterocycles. The first kappa shape index (κ1) is 13.8. The first-order valence-electron chi connectivity index (χ1n) is 5.36. The largest absolute Gasteiger partial charge is 0.245 e. The molecule has 0 N–H and O–H groups in total. The Morgan fingerprint density at radius 1 is 0.750 bits per heavy atom. The SMILES string of the molecule is CC(C)(C)Sc1nccnc1SC(C)(C)C. The van der Waals surface area contributed by atoms with Gasteiger partial charge in [0.15, 0.2) is 0 Å². The van der Waals surface area contributed by atoms with Crippen LogP contribution in [-0.2, 0) is 0 Å². The maximum Gasteiger partial charge on any atom is 0.129 e. The third kappa shape index (κ3) is 5.21. The Bertz CT molecular complexity index is 316. The van der Waals surface area contributed by atoms with Crippen LogP contribution in [0.4, 0.5) is 0 Å². The summed E-state index contributed by atoms with van der Waals surface area (Å²) in [6, 6.07) is 0. The molecule has 1 heterocycles. The summed E-state index contributed by atoms with van der Waals surface area (Å²) in [6.07, 6.45) is 3.53. The van der Waals surface area contributed by atoms with Crippen molar-refractivity contribution in [1.29, 1.82) is 0 Å². The van der Waals surface area contributed by atoms with E-state index in [-0.39, 0.29) is 9.49 Å². The predicted octanol–water partition coefficient (Wildman–Crippen LogP) is 4.26. The molecule has 2 nitrogen and oxygen atoms in total. The van der Waals surface area contributed by atoms with Gasteiger partial charge >= 0.3 is 0 Å². The molecule has 1 aromatic rings. The first-order valence-corrected chi connectivity index (χ1v) is 7.00. The van der Waals surface area contributed by atoms with Crippen molar-refractivity contribution >= 4 is 23.5 Å². The molecule has 0 fully saturated rings. The number of hydrogen-bond donors (Lipinski definition) is 0. The quantitative estimate of drug-likeness (QED) is 0.738. The van der Waals surface area contributed by atoms with Crippen LogP contribution in [0.5, 0.6) is 0 Å². The normalized spacial score (nSPS) is 12.9. The van der Waals surface area contributed by atoms with E-state index in [1.807, 2.05) is 0 Å². The minimum Gasteiger partial charge on any atom is -0.245 e. The van der Waals surface area contributed by atoms with Crippen molar-refractivity contribution in [2.45, 2.75) is 61.1 Å². The number of rotatable bonds is 2. The lowest BCUT2D eigenvalue weighted by atomic mass is 10.3. The molecule has 90 valence electrons. The Morgan fingerprint density at radius 2 is 1.06 bits per heavy atom. The lowest BCUT2D eigenvalue weighted by molar-refractivity contribution is 0.776. The Morgan fingerprint density at radius 3 is 1.31 bits per heavy atom. The smallest absolute Gasteiger partial charge is 0.129 e. The summed E-state index contributed by atoms with van der Waals surface area (Å²) in [5, 5.41) is 2.07. The van der Waals surface area contributed by atoms with E-state index in [4.69, 9.17) is 0 Å². The van der Waals surface area contributed by atoms with Crippen molar-refractivity contribution in [1.82, 2.24) is 9.97 Å². The second-order valence-corrected chi connectivity index (χ2v) is 9.23. The molecule has 0 unspecified atom stereocenters. The van der Waals surface area contributed by atoms with Gasteiger partial charge in [0, 0.05) is 21.9 Å². The van der Waals surface area contributed by atoms with Crippen LogP contribution >= 0.6 is 23.5 Å². The van der Waals surface area contributed by atoms with Crippen LogP contribution in [0.25, 0.3) is 0 Å². The van der Waals surface area contributed by atoms with Crippen molar-refractivity contribution < 1.29 is 0 Å². The van der Waals surface area contributed by atoms with Crippen LogP contribution in [0.3, 0.4) is 0 Å². The molecule has 0 aliphatic rings. The van der Waals surface area contributed by atoms with E-state index < -0.39 is 0 Å². The van der Waals surface area contributed by atoms with Crippen LogP contribution in [0.2, 0.25) is 0 Å². The van der Waals surface area contributed by atoms with Gasteiger partial charge in [0.05, 0.1) is 0 Å². The highest BCUT2D eigenvalue weighted by molar-refractivity contribution is 8.03. The Balaban J connectivity index is 2.92. The van der Waals surface area contributed by atoms with Gasteiger partial charge in [-0.1, -0.05) is 65.1 Å². The molecule has 0 atom stereocenters. The predicted molar refractivity (Wildman–Crippen MR) is 73.3 cm³/mol. The topological polar surface area (TPSA) is 25.8 Å². The third-order valence-corrected chi connectivity index (χ3v) is 3.78. The lowest BCUT2D eigenvalue weighted by Gasteiger charge is -2.21. The van der Waals surface area contributed by atoms with E-state index in [1.165, 1.54) is 0 Å². The van der Waals surface area contributed by atoms with Crippen LogP contribution in [0.15, 0.2) is 22.4 Å². The van der Waals surface area contributed by atoms with Crippen molar-refractivity contribution in [3.05, 3.63) is 12.4 Å². The summed E-state index contributed by atoms with van der Waals surface area (Å²) >= 11 is 3.55. The van der Waals surface area contributed by atoms with E-state index in [1.54, 1.807) is 35.9 Å². The van der Waals surface area contributed by atoms with Crippen LogP contribution in [0, 0.1) is 0 Å². The lowest BCUT2D eigenvalue weighted by Crippen LogP contribution is -2.11. The van der Waals surface area contributed by atoms with Crippen LogP contribution < -0.4 is 0 Å². The zero-order valence-electron chi connectivity index (χ0n) is 10.9. The summed E-state index contributed by atoms with van der Waals surface area (Å²) in [5.74, 6) is 0. The fourth-order valence-corrected chi connectivity index (χ4v) is 2.95. The van der Waals surface area contributed by atoms with Crippen molar-refractivity contribution in [3.63, 3.8) is 0 Å². The van der Waals surface area contributed by atoms with E-state index in [2.05, 4.69) is 51.5 Å². The Hall–Kier alpha value is -0.220. The number of nitrogens with zero attached hydrogens (tertiary/aromatic N) is 2. The van der Waals surface area contributed by atoms with Gasteiger partial charge in [-0.25, -0.2) is 9.97 Å². The fourth-order valence-electron chi connectivity index (χ4n) is 1.03. The second-order valence-electron chi connectivity index (χ2n) is 5.60. The molecule has 1 rings (SSSR count). The molecule has 16 heavy (non-hydrogen) atoms. The van der Waals surface area contributed by atoms with Gasteiger partial charge in [0.1, 0.15) is 10.1 Å². The van der Waals surface area contributed by atoms with Crippen LogP contribution in [0.1, 0.15) is 41.5 Å². The van der Waals surface area contributed by atoms with Gasteiger partial charge in [-0.2, -0.15) is 0 Å². The van der Waals surface area contributed by atoms with Crippen molar-refractivity contribution in [3.8, 4) is 0 Å². The van der Waals surface area contributed by atoms with Crippen molar-refractivity contribution in [2.24, 2.45) is 0 Å². The van der Waals surface area contributed by atoms with E-state index >= 15 is 0 Å². The minimum atomic E-state index is 0.170. The standard InChI is InChI=1S/C12H20N2S2/c1-11(2,3)15-9-10(14-8-7-13-9)16-12(4,5)6/h7-8H,1-6H3. The van der Waals surface area contributed by atoms with Gasteiger partial charge in [0.25, 0.3) is 0 Å². The monoisotopic (exact) mass is 256 g/mol. The van der Waals surface area contributed by atoms with Crippen molar-refractivity contribution in [2.75, 3.05) is 0 Å². The summed E-state index contributed by atoms with van der Waals surface area (Å²) in [6.45, 7) is 13.2. The molecule has 0 amide bonds. The molecule has 0 radical (unpaired) electrons. The first-order chi connectivity index (χ1) is 7.17. The maximum absolute atomic E-state index is 4.43. The number of thioether (sulfide) groups is 2. The summed E-state index contributed by atoms with van der Waals surface area (Å²) in [4.78, 5) is 8.86. The van der Waals surface area contributed by atoms with E-state index in [0.717, 1.165) is 10.1 Å². The second kappa shape index (κ2) is 4.96. The van der Waals surface area contributed by atoms with Gasteiger partial charge in [0.2, 0.25) is 0 Å². The molecule has 0 aromatic carbocycles. The van der Waals surface area contributed by atoms with Gasteiger partial charge in [-0.05, 0) is 0 Å². The zero-order chi connectivity index (χ0) is 12.4. The molecule has 0 aliphatic carbocycles. The average molecular weight is 256 g/mol. The highest BCUT2D eigenvalue weighted by atomic mass is 32.2.